The third-order valence-corrected chi connectivity index (χ3v) is 3.90. The number of rotatable bonds is 7. The van der Waals surface area contributed by atoms with Crippen molar-refractivity contribution in [1.82, 2.24) is 10.3 Å². The van der Waals surface area contributed by atoms with E-state index in [-0.39, 0.29) is 12.5 Å². The fraction of sp³-hybridized carbons (Fsp3) is 0.235. The second kappa shape index (κ2) is 8.93. The van der Waals surface area contributed by atoms with Gasteiger partial charge in [0.1, 0.15) is 10.8 Å². The molecule has 126 valence electrons. The van der Waals surface area contributed by atoms with Crippen molar-refractivity contribution in [1.29, 1.82) is 0 Å². The SMILES string of the molecule is COc1ccccc1CNC(=O)COC(=O)c1cccnc1SC. The molecule has 1 amide bonds. The molecule has 6 nitrogen and oxygen atoms in total. The molecule has 0 atom stereocenters. The third-order valence-electron chi connectivity index (χ3n) is 3.19. The van der Waals surface area contributed by atoms with Crippen LogP contribution in [0.4, 0.5) is 0 Å². The predicted octanol–water partition coefficient (Wildman–Crippen LogP) is 2.29. The summed E-state index contributed by atoms with van der Waals surface area (Å²) in [5, 5.41) is 3.26. The predicted molar refractivity (Wildman–Crippen MR) is 91.1 cm³/mol. The largest absolute Gasteiger partial charge is 0.496 e. The van der Waals surface area contributed by atoms with E-state index in [9.17, 15) is 9.59 Å². The van der Waals surface area contributed by atoms with Crippen molar-refractivity contribution in [2.24, 2.45) is 0 Å². The van der Waals surface area contributed by atoms with Gasteiger partial charge in [0.05, 0.1) is 12.7 Å². The summed E-state index contributed by atoms with van der Waals surface area (Å²) in [6.45, 7) is -0.0555. The highest BCUT2D eigenvalue weighted by Crippen LogP contribution is 2.18. The fourth-order valence-corrected chi connectivity index (χ4v) is 2.55. The lowest BCUT2D eigenvalue weighted by Gasteiger charge is -2.10. The van der Waals surface area contributed by atoms with E-state index in [4.69, 9.17) is 9.47 Å². The number of esters is 1. The maximum absolute atomic E-state index is 12.0. The lowest BCUT2D eigenvalue weighted by atomic mass is 10.2. The number of methoxy groups -OCH3 is 1. The summed E-state index contributed by atoms with van der Waals surface area (Å²) in [5.41, 5.74) is 1.19. The zero-order valence-corrected chi connectivity index (χ0v) is 14.3. The molecular weight excluding hydrogens is 328 g/mol. The molecule has 0 aliphatic heterocycles. The molecule has 0 aliphatic rings. The van der Waals surface area contributed by atoms with Gasteiger partial charge >= 0.3 is 5.97 Å². The lowest BCUT2D eigenvalue weighted by Crippen LogP contribution is -2.28. The molecule has 0 saturated carbocycles. The molecule has 0 radical (unpaired) electrons. The van der Waals surface area contributed by atoms with Crippen LogP contribution in [0.15, 0.2) is 47.6 Å². The van der Waals surface area contributed by atoms with Crippen LogP contribution in [-0.2, 0) is 16.1 Å². The quantitative estimate of drug-likeness (QED) is 0.612. The molecule has 1 aromatic heterocycles. The molecule has 7 heteroatoms. The summed E-state index contributed by atoms with van der Waals surface area (Å²) >= 11 is 1.34. The Labute approximate surface area is 144 Å². The number of benzene rings is 1. The number of ether oxygens (including phenoxy) is 2. The minimum Gasteiger partial charge on any atom is -0.496 e. The third kappa shape index (κ3) is 4.73. The highest BCUT2D eigenvalue weighted by atomic mass is 32.2. The molecule has 0 aliphatic carbocycles. The van der Waals surface area contributed by atoms with Crippen molar-refractivity contribution < 1.29 is 19.1 Å². The number of pyridine rings is 1. The van der Waals surface area contributed by atoms with Crippen LogP contribution < -0.4 is 10.1 Å². The first kappa shape index (κ1) is 17.8. The Morgan fingerprint density at radius 1 is 1.21 bits per heavy atom. The van der Waals surface area contributed by atoms with Gasteiger partial charge < -0.3 is 14.8 Å². The number of hydrogen-bond acceptors (Lipinski definition) is 6. The van der Waals surface area contributed by atoms with Crippen LogP contribution in [0, 0.1) is 0 Å². The Kier molecular flexibility index (Phi) is 6.62. The summed E-state index contributed by atoms with van der Waals surface area (Å²) in [4.78, 5) is 28.0. The monoisotopic (exact) mass is 346 g/mol. The molecule has 2 aromatic rings. The van der Waals surface area contributed by atoms with Crippen LogP contribution in [-0.4, -0.2) is 36.8 Å². The van der Waals surface area contributed by atoms with Gasteiger partial charge in [-0.25, -0.2) is 9.78 Å². The van der Waals surface area contributed by atoms with Gasteiger partial charge in [0.2, 0.25) is 0 Å². The molecule has 1 heterocycles. The van der Waals surface area contributed by atoms with Gasteiger partial charge in [-0.1, -0.05) is 18.2 Å². The smallest absolute Gasteiger partial charge is 0.341 e. The number of thioether (sulfide) groups is 1. The number of nitrogens with zero attached hydrogens (tertiary/aromatic N) is 1. The normalized spacial score (nSPS) is 10.1. The van der Waals surface area contributed by atoms with E-state index < -0.39 is 5.97 Å². The van der Waals surface area contributed by atoms with Gasteiger partial charge in [0.25, 0.3) is 5.91 Å². The molecule has 0 bridgehead atoms. The van der Waals surface area contributed by atoms with Crippen LogP contribution in [0.1, 0.15) is 15.9 Å². The van der Waals surface area contributed by atoms with Crippen LogP contribution >= 0.6 is 11.8 Å². The van der Waals surface area contributed by atoms with Crippen molar-refractivity contribution in [2.45, 2.75) is 11.6 Å². The number of hydrogen-bond donors (Lipinski definition) is 1. The minimum absolute atomic E-state index is 0.295. The zero-order valence-electron chi connectivity index (χ0n) is 13.4. The Morgan fingerprint density at radius 2 is 2.00 bits per heavy atom. The molecule has 1 N–H and O–H groups in total. The molecule has 2 rings (SSSR count). The van der Waals surface area contributed by atoms with E-state index in [1.165, 1.54) is 11.8 Å². The average molecular weight is 346 g/mol. The number of carbonyl (C=O) groups is 2. The number of carbonyl (C=O) groups excluding carboxylic acids is 2. The van der Waals surface area contributed by atoms with Gasteiger partial charge in [0, 0.05) is 18.3 Å². The van der Waals surface area contributed by atoms with Crippen LogP contribution in [0.2, 0.25) is 0 Å². The van der Waals surface area contributed by atoms with Crippen molar-refractivity contribution in [3.05, 3.63) is 53.7 Å². The highest BCUT2D eigenvalue weighted by Gasteiger charge is 2.14. The number of para-hydroxylation sites is 1. The summed E-state index contributed by atoms with van der Waals surface area (Å²) < 4.78 is 10.3. The van der Waals surface area contributed by atoms with E-state index in [1.54, 1.807) is 25.4 Å². The minimum atomic E-state index is -0.570. The zero-order chi connectivity index (χ0) is 17.4. The lowest BCUT2D eigenvalue weighted by molar-refractivity contribution is -0.124. The van der Waals surface area contributed by atoms with Crippen LogP contribution in [0.3, 0.4) is 0 Å². The van der Waals surface area contributed by atoms with Crippen molar-refractivity contribution in [3.63, 3.8) is 0 Å². The number of nitrogens with one attached hydrogen (secondary N) is 1. The van der Waals surface area contributed by atoms with E-state index in [1.807, 2.05) is 30.5 Å². The van der Waals surface area contributed by atoms with Gasteiger partial charge in [0.15, 0.2) is 6.61 Å². The van der Waals surface area contributed by atoms with E-state index in [0.29, 0.717) is 22.9 Å². The molecule has 0 fully saturated rings. The van der Waals surface area contributed by atoms with Crippen molar-refractivity contribution >= 4 is 23.6 Å². The molecule has 24 heavy (non-hydrogen) atoms. The topological polar surface area (TPSA) is 77.5 Å². The molecule has 0 saturated heterocycles. The Morgan fingerprint density at radius 3 is 2.75 bits per heavy atom. The highest BCUT2D eigenvalue weighted by molar-refractivity contribution is 7.98. The molecular formula is C17H18N2O4S. The Hall–Kier alpha value is -2.54. The maximum Gasteiger partial charge on any atom is 0.341 e. The number of amides is 1. The molecule has 0 spiro atoms. The Bertz CT molecular complexity index is 721. The summed E-state index contributed by atoms with van der Waals surface area (Å²) in [5.74, 6) is -0.265. The van der Waals surface area contributed by atoms with Crippen LogP contribution in [0.5, 0.6) is 5.75 Å². The van der Waals surface area contributed by atoms with Crippen molar-refractivity contribution in [2.75, 3.05) is 20.0 Å². The van der Waals surface area contributed by atoms with E-state index in [2.05, 4.69) is 10.3 Å². The maximum atomic E-state index is 12.0. The van der Waals surface area contributed by atoms with Crippen molar-refractivity contribution in [3.8, 4) is 5.75 Å². The first-order chi connectivity index (χ1) is 11.7. The fourth-order valence-electron chi connectivity index (χ4n) is 2.01. The van der Waals surface area contributed by atoms with Gasteiger partial charge in [-0.3, -0.25) is 4.79 Å². The number of aromatic nitrogens is 1. The second-order valence-corrected chi connectivity index (χ2v) is 5.52. The summed E-state index contributed by atoms with van der Waals surface area (Å²) in [7, 11) is 1.57. The van der Waals surface area contributed by atoms with Gasteiger partial charge in [-0.15, -0.1) is 11.8 Å². The van der Waals surface area contributed by atoms with Crippen LogP contribution in [0.25, 0.3) is 0 Å². The summed E-state index contributed by atoms with van der Waals surface area (Å²) in [6, 6.07) is 10.6. The van der Waals surface area contributed by atoms with E-state index in [0.717, 1.165) is 5.56 Å². The molecule has 1 aromatic carbocycles. The van der Waals surface area contributed by atoms with Gasteiger partial charge in [-0.2, -0.15) is 0 Å². The summed E-state index contributed by atoms with van der Waals surface area (Å²) in [6.07, 6.45) is 3.42. The van der Waals surface area contributed by atoms with E-state index >= 15 is 0 Å². The average Bonchev–Trinajstić information content (AvgIpc) is 2.64. The standard InChI is InChI=1S/C17H18N2O4S/c1-22-14-8-4-3-6-12(14)10-19-15(20)11-23-17(21)13-7-5-9-18-16(13)24-2/h3-9H,10-11H2,1-2H3,(H,19,20). The first-order valence-corrected chi connectivity index (χ1v) is 8.43. The molecule has 0 unspecified atom stereocenters. The Balaban J connectivity index is 1.86. The first-order valence-electron chi connectivity index (χ1n) is 7.20. The van der Waals surface area contributed by atoms with Gasteiger partial charge in [-0.05, 0) is 24.5 Å². The second-order valence-electron chi connectivity index (χ2n) is 4.72.